The van der Waals surface area contributed by atoms with Gasteiger partial charge in [0.05, 0.1) is 17.7 Å². The Morgan fingerprint density at radius 1 is 1.24 bits per heavy atom. The maximum absolute atomic E-state index is 9.53. The van der Waals surface area contributed by atoms with Crippen molar-refractivity contribution >= 4 is 23.6 Å². The molecule has 5 nitrogen and oxygen atoms in total. The van der Waals surface area contributed by atoms with Gasteiger partial charge in [-0.2, -0.15) is 9.64 Å². The van der Waals surface area contributed by atoms with E-state index >= 15 is 0 Å². The van der Waals surface area contributed by atoms with Gasteiger partial charge in [-0.3, -0.25) is 0 Å². The number of nitrogens with zero attached hydrogens (tertiary/aromatic N) is 4. The second-order valence-electron chi connectivity index (χ2n) is 7.27. The van der Waals surface area contributed by atoms with Crippen LogP contribution in [-0.2, 0) is 5.41 Å². The number of benzene rings is 1. The van der Waals surface area contributed by atoms with E-state index in [0.29, 0.717) is 10.6 Å². The van der Waals surface area contributed by atoms with Gasteiger partial charge in [-0.25, -0.2) is 4.99 Å². The molecule has 0 aliphatic carbocycles. The molecule has 0 saturated carbocycles. The first-order chi connectivity index (χ1) is 11.6. The van der Waals surface area contributed by atoms with Crippen molar-refractivity contribution in [1.82, 2.24) is 9.27 Å². The molecule has 0 spiro atoms. The van der Waals surface area contributed by atoms with Gasteiger partial charge in [0.1, 0.15) is 17.4 Å². The Bertz CT molecular complexity index is 838. The third-order valence-corrected chi connectivity index (χ3v) is 4.33. The van der Waals surface area contributed by atoms with E-state index in [1.165, 1.54) is 11.5 Å². The van der Waals surface area contributed by atoms with Crippen LogP contribution in [0.2, 0.25) is 0 Å². The van der Waals surface area contributed by atoms with Crippen LogP contribution in [0.4, 0.5) is 5.69 Å². The molecule has 0 saturated heterocycles. The van der Waals surface area contributed by atoms with Crippen LogP contribution in [0.5, 0.6) is 10.8 Å². The highest BCUT2D eigenvalue weighted by Crippen LogP contribution is 2.38. The molecule has 0 aliphatic rings. The maximum Gasteiger partial charge on any atom is 0.218 e. The molecule has 6 heteroatoms. The minimum absolute atomic E-state index is 0.196. The molecular weight excluding hydrogens is 332 g/mol. The van der Waals surface area contributed by atoms with E-state index < -0.39 is 0 Å². The van der Waals surface area contributed by atoms with Crippen LogP contribution in [0.1, 0.15) is 43.2 Å². The third kappa shape index (κ3) is 4.37. The first-order valence-corrected chi connectivity index (χ1v) is 8.80. The molecular formula is C19H24N4OS. The van der Waals surface area contributed by atoms with Gasteiger partial charge in [0.15, 0.2) is 0 Å². The van der Waals surface area contributed by atoms with Crippen molar-refractivity contribution in [3.05, 3.63) is 34.5 Å². The summed E-state index contributed by atoms with van der Waals surface area (Å²) in [5.41, 5.74) is 3.97. The predicted molar refractivity (Wildman–Crippen MR) is 103 cm³/mol. The Labute approximate surface area is 153 Å². The first kappa shape index (κ1) is 18.9. The number of aromatic nitrogens is 1. The number of aliphatic imine (C=N–C) groups is 1. The summed E-state index contributed by atoms with van der Waals surface area (Å²) in [5, 5.41) is 10.1. The van der Waals surface area contributed by atoms with Crippen LogP contribution in [0.15, 0.2) is 17.1 Å². The average molecular weight is 356 g/mol. The van der Waals surface area contributed by atoms with Crippen molar-refractivity contribution in [3.63, 3.8) is 0 Å². The predicted octanol–water partition coefficient (Wildman–Crippen LogP) is 4.94. The topological polar surface area (TPSA) is 61.5 Å². The van der Waals surface area contributed by atoms with Crippen molar-refractivity contribution in [2.24, 2.45) is 4.99 Å². The molecule has 0 bridgehead atoms. The smallest absolute Gasteiger partial charge is 0.218 e. The molecule has 1 heterocycles. The van der Waals surface area contributed by atoms with E-state index in [0.717, 1.165) is 28.3 Å². The first-order valence-electron chi connectivity index (χ1n) is 8.03. The van der Waals surface area contributed by atoms with Crippen LogP contribution in [0.3, 0.4) is 0 Å². The van der Waals surface area contributed by atoms with Crippen molar-refractivity contribution < 1.29 is 4.74 Å². The van der Waals surface area contributed by atoms with Gasteiger partial charge < -0.3 is 9.64 Å². The molecule has 1 aromatic heterocycles. The minimum Gasteiger partial charge on any atom is -0.443 e. The van der Waals surface area contributed by atoms with Crippen LogP contribution in [0.25, 0.3) is 0 Å². The number of rotatable bonds is 4. The Morgan fingerprint density at radius 2 is 1.92 bits per heavy atom. The lowest BCUT2D eigenvalue weighted by Gasteiger charge is -2.15. The van der Waals surface area contributed by atoms with Crippen molar-refractivity contribution in [3.8, 4) is 16.9 Å². The van der Waals surface area contributed by atoms with Crippen LogP contribution < -0.4 is 4.74 Å². The Morgan fingerprint density at radius 3 is 2.48 bits per heavy atom. The van der Waals surface area contributed by atoms with E-state index in [4.69, 9.17) is 4.74 Å². The third-order valence-electron chi connectivity index (χ3n) is 3.61. The van der Waals surface area contributed by atoms with Crippen LogP contribution >= 0.6 is 11.5 Å². The second-order valence-corrected chi connectivity index (χ2v) is 8.01. The summed E-state index contributed by atoms with van der Waals surface area (Å²) >= 11 is 1.22. The zero-order chi connectivity index (χ0) is 18.8. The fourth-order valence-electron chi connectivity index (χ4n) is 2.26. The highest BCUT2D eigenvalue weighted by atomic mass is 32.1. The lowest BCUT2D eigenvalue weighted by molar-refractivity contribution is 0.487. The van der Waals surface area contributed by atoms with Gasteiger partial charge in [-0.1, -0.05) is 20.8 Å². The molecule has 0 aliphatic heterocycles. The maximum atomic E-state index is 9.53. The summed E-state index contributed by atoms with van der Waals surface area (Å²) in [7, 11) is 3.87. The molecule has 2 rings (SSSR count). The second kappa shape index (κ2) is 7.24. The van der Waals surface area contributed by atoms with Crippen molar-refractivity contribution in [2.45, 2.75) is 40.0 Å². The monoisotopic (exact) mass is 356 g/mol. The van der Waals surface area contributed by atoms with Gasteiger partial charge in [0.2, 0.25) is 5.06 Å². The van der Waals surface area contributed by atoms with Crippen LogP contribution in [0, 0.1) is 25.2 Å². The largest absolute Gasteiger partial charge is 0.443 e. The quantitative estimate of drug-likeness (QED) is 0.575. The van der Waals surface area contributed by atoms with E-state index in [9.17, 15) is 5.26 Å². The summed E-state index contributed by atoms with van der Waals surface area (Å²) in [6, 6.07) is 6.19. The molecule has 0 atom stereocenters. The number of ether oxygens (including phenoxy) is 1. The lowest BCUT2D eigenvalue weighted by atomic mass is 9.90. The molecule has 0 amide bonds. The fourth-order valence-corrected chi connectivity index (χ4v) is 3.16. The average Bonchev–Trinajstić information content (AvgIpc) is 2.92. The van der Waals surface area contributed by atoms with Gasteiger partial charge in [0.25, 0.3) is 0 Å². The standard InChI is InChI=1S/C19H24N4OS/c1-12-9-16(13(2)8-15(12)21-11-23(6)7)24-18-14(10-20)17(22-25-18)19(3,4)5/h8-9,11H,1-7H3/b21-11-. The Hall–Kier alpha value is -2.39. The van der Waals surface area contributed by atoms with Crippen LogP contribution in [-0.4, -0.2) is 29.7 Å². The molecule has 2 aromatic rings. The lowest BCUT2D eigenvalue weighted by Crippen LogP contribution is -2.13. The van der Waals surface area contributed by atoms with Gasteiger partial charge in [0, 0.05) is 31.0 Å². The fraction of sp³-hybridized carbons (Fsp3) is 0.421. The summed E-state index contributed by atoms with van der Waals surface area (Å²) < 4.78 is 10.5. The van der Waals surface area contributed by atoms with Gasteiger partial charge >= 0.3 is 0 Å². The molecule has 0 N–H and O–H groups in total. The molecule has 0 fully saturated rings. The normalized spacial score (nSPS) is 11.6. The Balaban J connectivity index is 2.38. The molecule has 25 heavy (non-hydrogen) atoms. The zero-order valence-electron chi connectivity index (χ0n) is 15.8. The molecule has 1 aromatic carbocycles. The number of hydrogen-bond acceptors (Lipinski definition) is 5. The van der Waals surface area contributed by atoms with Crippen molar-refractivity contribution in [2.75, 3.05) is 14.1 Å². The van der Waals surface area contributed by atoms with Gasteiger partial charge in [-0.05, 0) is 37.1 Å². The van der Waals surface area contributed by atoms with E-state index in [2.05, 4.69) is 15.4 Å². The summed E-state index contributed by atoms with van der Waals surface area (Å²) in [6.07, 6.45) is 1.77. The number of nitriles is 1. The van der Waals surface area contributed by atoms with Crippen molar-refractivity contribution in [1.29, 1.82) is 5.26 Å². The zero-order valence-corrected chi connectivity index (χ0v) is 16.7. The minimum atomic E-state index is -0.196. The van der Waals surface area contributed by atoms with E-state index in [1.54, 1.807) is 6.34 Å². The highest BCUT2D eigenvalue weighted by molar-refractivity contribution is 7.08. The highest BCUT2D eigenvalue weighted by Gasteiger charge is 2.26. The van der Waals surface area contributed by atoms with E-state index in [-0.39, 0.29) is 5.41 Å². The molecule has 0 unspecified atom stereocenters. The summed E-state index contributed by atoms with van der Waals surface area (Å²) in [6.45, 7) is 10.1. The molecule has 0 radical (unpaired) electrons. The SMILES string of the molecule is Cc1cc(Oc2snc(C(C)(C)C)c2C#N)c(C)cc1/N=C\N(C)C. The number of aryl methyl sites for hydroxylation is 2. The van der Waals surface area contributed by atoms with E-state index in [1.807, 2.05) is 65.7 Å². The van der Waals surface area contributed by atoms with Gasteiger partial charge in [-0.15, -0.1) is 0 Å². The number of hydrogen-bond donors (Lipinski definition) is 0. The summed E-state index contributed by atoms with van der Waals surface area (Å²) in [4.78, 5) is 6.36. The molecule has 132 valence electrons. The Kier molecular flexibility index (Phi) is 5.48. The summed E-state index contributed by atoms with van der Waals surface area (Å²) in [5.74, 6) is 0.724.